The van der Waals surface area contributed by atoms with E-state index in [1.54, 1.807) is 0 Å². The van der Waals surface area contributed by atoms with E-state index in [-0.39, 0.29) is 12.4 Å². The summed E-state index contributed by atoms with van der Waals surface area (Å²) in [5, 5.41) is 2.28. The lowest BCUT2D eigenvalue weighted by Gasteiger charge is -2.26. The zero-order valence-corrected chi connectivity index (χ0v) is 20.3. The van der Waals surface area contributed by atoms with E-state index in [9.17, 15) is 0 Å². The van der Waals surface area contributed by atoms with Crippen LogP contribution in [0.1, 0.15) is 38.5 Å². The molecule has 1 aromatic heterocycles. The number of likely N-dealkylation sites (tertiary alicyclic amines) is 2. The first-order valence-electron chi connectivity index (χ1n) is 12.4. The number of ether oxygens (including phenoxy) is 2. The Kier molecular flexibility index (Phi) is 8.65. The largest absolute Gasteiger partial charge is 0.492 e. The fourth-order valence-corrected chi connectivity index (χ4v) is 4.91. The first kappa shape index (κ1) is 24.1. The molecule has 0 atom stereocenters. The quantitative estimate of drug-likeness (QED) is 0.405. The van der Waals surface area contributed by atoms with Crippen LogP contribution in [0.15, 0.2) is 42.5 Å². The highest BCUT2D eigenvalue weighted by Crippen LogP contribution is 2.26. The monoisotopic (exact) mass is 469 g/mol. The Hall–Kier alpha value is -2.08. The van der Waals surface area contributed by atoms with Crippen LogP contribution < -0.4 is 9.47 Å². The van der Waals surface area contributed by atoms with Crippen molar-refractivity contribution in [2.45, 2.75) is 38.5 Å². The van der Waals surface area contributed by atoms with Crippen LogP contribution in [0.2, 0.25) is 0 Å². The predicted octanol–water partition coefficient (Wildman–Crippen LogP) is 5.54. The van der Waals surface area contributed by atoms with Crippen LogP contribution >= 0.6 is 12.4 Å². The summed E-state index contributed by atoms with van der Waals surface area (Å²) >= 11 is 0. The van der Waals surface area contributed by atoms with Gasteiger partial charge in [0, 0.05) is 36.0 Å². The Labute approximate surface area is 203 Å². The molecule has 0 unspecified atom stereocenters. The average Bonchev–Trinajstić information content (AvgIpc) is 2.84. The summed E-state index contributed by atoms with van der Waals surface area (Å²) in [6, 6.07) is 14.7. The smallest absolute Gasteiger partial charge is 0.121 e. The molecular weight excluding hydrogens is 434 g/mol. The van der Waals surface area contributed by atoms with Crippen molar-refractivity contribution in [2.24, 2.45) is 0 Å². The van der Waals surface area contributed by atoms with E-state index in [1.807, 2.05) is 0 Å². The van der Waals surface area contributed by atoms with Gasteiger partial charge in [0.1, 0.15) is 24.7 Å². The maximum absolute atomic E-state index is 6.05. The maximum Gasteiger partial charge on any atom is 0.121 e. The van der Waals surface area contributed by atoms with E-state index in [2.05, 4.69) is 52.3 Å². The zero-order chi connectivity index (χ0) is 21.6. The molecule has 0 radical (unpaired) electrons. The number of hydrogen-bond donors (Lipinski definition) is 0. The van der Waals surface area contributed by atoms with Crippen molar-refractivity contribution in [2.75, 3.05) is 52.5 Å². The Morgan fingerprint density at radius 1 is 0.606 bits per heavy atom. The average molecular weight is 470 g/mol. The molecule has 3 heterocycles. The van der Waals surface area contributed by atoms with Crippen molar-refractivity contribution in [3.63, 3.8) is 0 Å². The third-order valence-corrected chi connectivity index (χ3v) is 6.81. The van der Waals surface area contributed by atoms with Crippen molar-refractivity contribution >= 4 is 34.2 Å². The number of hydrogen-bond acceptors (Lipinski definition) is 5. The molecular formula is C27H36ClN3O2. The predicted molar refractivity (Wildman–Crippen MR) is 138 cm³/mol. The van der Waals surface area contributed by atoms with E-state index < -0.39 is 0 Å². The molecule has 2 aromatic carbocycles. The molecule has 0 N–H and O–H groups in total. The molecule has 0 bridgehead atoms. The Morgan fingerprint density at radius 3 is 1.52 bits per heavy atom. The zero-order valence-electron chi connectivity index (χ0n) is 19.5. The van der Waals surface area contributed by atoms with Gasteiger partial charge in [0.15, 0.2) is 0 Å². The summed E-state index contributed by atoms with van der Waals surface area (Å²) in [4.78, 5) is 9.92. The van der Waals surface area contributed by atoms with Gasteiger partial charge in [-0.15, -0.1) is 12.4 Å². The summed E-state index contributed by atoms with van der Waals surface area (Å²) in [7, 11) is 0. The standard InChI is InChI=1S/C27H35N3O2.ClH/c1-3-11-29(12-4-1)15-17-31-24-9-7-22-19-23-8-10-25(21-27(23)28-26(22)20-24)32-18-16-30-13-5-2-6-14-30;/h7-10,19-21H,1-6,11-18H2;1H. The van der Waals surface area contributed by atoms with Crippen LogP contribution in [0.25, 0.3) is 21.8 Å². The van der Waals surface area contributed by atoms with Crippen LogP contribution in [0, 0.1) is 0 Å². The molecule has 2 aliphatic heterocycles. The first-order valence-corrected chi connectivity index (χ1v) is 12.4. The minimum absolute atomic E-state index is 0. The van der Waals surface area contributed by atoms with Gasteiger partial charge in [0.05, 0.1) is 11.0 Å². The molecule has 178 valence electrons. The Balaban J connectivity index is 0.00000259. The van der Waals surface area contributed by atoms with Gasteiger partial charge in [0.2, 0.25) is 0 Å². The third-order valence-electron chi connectivity index (χ3n) is 6.81. The molecule has 0 aliphatic carbocycles. The van der Waals surface area contributed by atoms with Crippen molar-refractivity contribution in [1.29, 1.82) is 0 Å². The summed E-state index contributed by atoms with van der Waals surface area (Å²) in [5.74, 6) is 1.80. The van der Waals surface area contributed by atoms with Gasteiger partial charge >= 0.3 is 0 Å². The van der Waals surface area contributed by atoms with E-state index >= 15 is 0 Å². The molecule has 2 aliphatic rings. The van der Waals surface area contributed by atoms with Gasteiger partial charge in [-0.05, 0) is 82.2 Å². The van der Waals surface area contributed by atoms with Gasteiger partial charge in [-0.3, -0.25) is 9.80 Å². The van der Waals surface area contributed by atoms with Crippen molar-refractivity contribution in [1.82, 2.24) is 14.8 Å². The van der Waals surface area contributed by atoms with Crippen LogP contribution in [0.5, 0.6) is 11.5 Å². The van der Waals surface area contributed by atoms with E-state index in [0.29, 0.717) is 0 Å². The Morgan fingerprint density at radius 2 is 1.06 bits per heavy atom. The number of aromatic nitrogens is 1. The summed E-state index contributed by atoms with van der Waals surface area (Å²) in [5.41, 5.74) is 1.94. The first-order chi connectivity index (χ1) is 15.8. The molecule has 33 heavy (non-hydrogen) atoms. The van der Waals surface area contributed by atoms with Crippen LogP contribution in [0.3, 0.4) is 0 Å². The lowest BCUT2D eigenvalue weighted by Crippen LogP contribution is -2.33. The minimum Gasteiger partial charge on any atom is -0.492 e. The topological polar surface area (TPSA) is 37.8 Å². The van der Waals surface area contributed by atoms with Gasteiger partial charge in [0.25, 0.3) is 0 Å². The molecule has 5 rings (SSSR count). The van der Waals surface area contributed by atoms with Gasteiger partial charge < -0.3 is 9.47 Å². The summed E-state index contributed by atoms with van der Waals surface area (Å²) in [6.45, 7) is 8.28. The number of rotatable bonds is 8. The van der Waals surface area contributed by atoms with Crippen LogP contribution in [0.4, 0.5) is 0 Å². The number of fused-ring (bicyclic) bond motifs is 2. The highest BCUT2D eigenvalue weighted by atomic mass is 35.5. The van der Waals surface area contributed by atoms with E-state index in [0.717, 1.165) is 59.6 Å². The molecule has 0 spiro atoms. The molecule has 6 heteroatoms. The fraction of sp³-hybridized carbons (Fsp3) is 0.519. The number of pyridine rings is 1. The second-order valence-electron chi connectivity index (χ2n) is 9.20. The number of benzene rings is 2. The number of halogens is 1. The Bertz CT molecular complexity index is 953. The summed E-state index contributed by atoms with van der Waals surface area (Å²) in [6.07, 6.45) is 8.00. The van der Waals surface area contributed by atoms with Gasteiger partial charge in [-0.25, -0.2) is 4.98 Å². The maximum atomic E-state index is 6.05. The van der Waals surface area contributed by atoms with Gasteiger partial charge in [-0.1, -0.05) is 12.8 Å². The van der Waals surface area contributed by atoms with Crippen LogP contribution in [-0.2, 0) is 0 Å². The van der Waals surface area contributed by atoms with Crippen molar-refractivity contribution < 1.29 is 9.47 Å². The normalized spacial score (nSPS) is 17.7. The molecule has 0 amide bonds. The van der Waals surface area contributed by atoms with E-state index in [4.69, 9.17) is 14.5 Å². The van der Waals surface area contributed by atoms with Gasteiger partial charge in [-0.2, -0.15) is 0 Å². The van der Waals surface area contributed by atoms with Crippen molar-refractivity contribution in [3.05, 3.63) is 42.5 Å². The highest BCUT2D eigenvalue weighted by Gasteiger charge is 2.11. The molecule has 0 saturated carbocycles. The second-order valence-corrected chi connectivity index (χ2v) is 9.20. The lowest BCUT2D eigenvalue weighted by molar-refractivity contribution is 0.183. The van der Waals surface area contributed by atoms with E-state index in [1.165, 1.54) is 64.7 Å². The van der Waals surface area contributed by atoms with Crippen molar-refractivity contribution in [3.8, 4) is 11.5 Å². The molecule has 2 fully saturated rings. The molecule has 5 nitrogen and oxygen atoms in total. The third kappa shape index (κ3) is 6.50. The summed E-state index contributed by atoms with van der Waals surface area (Å²) < 4.78 is 12.1. The fourth-order valence-electron chi connectivity index (χ4n) is 4.91. The SMILES string of the molecule is Cl.c1cc2cc3ccc(OCCN4CCCCC4)cc3nc2cc1OCCN1CCCCC1. The minimum atomic E-state index is 0. The lowest BCUT2D eigenvalue weighted by atomic mass is 10.1. The second kappa shape index (κ2) is 11.9. The van der Waals surface area contributed by atoms with Crippen LogP contribution in [-0.4, -0.2) is 67.3 Å². The molecule has 3 aromatic rings. The highest BCUT2D eigenvalue weighted by molar-refractivity contribution is 5.93. The molecule has 2 saturated heterocycles. The number of piperidine rings is 2. The number of nitrogens with zero attached hydrogens (tertiary/aromatic N) is 3.